The number of hydrogen-bond acceptors (Lipinski definition) is 3. The smallest absolute Gasteiger partial charge is 0.261 e. The molecule has 0 unspecified atom stereocenters. The molecule has 1 N–H and O–H groups in total. The van der Waals surface area contributed by atoms with E-state index in [1.54, 1.807) is 53.4 Å². The molecule has 0 aromatic heterocycles. The Hall–Kier alpha value is -3.02. The highest BCUT2D eigenvalue weighted by Crippen LogP contribution is 2.28. The molecule has 0 atom stereocenters. The van der Waals surface area contributed by atoms with Gasteiger partial charge in [-0.1, -0.05) is 47.5 Å². The first-order valence-electron chi connectivity index (χ1n) is 9.33. The second-order valence-electron chi connectivity index (χ2n) is 6.92. The predicted octanol–water partition coefficient (Wildman–Crippen LogP) is 5.17. The number of amides is 2. The molecule has 0 saturated carbocycles. The van der Waals surface area contributed by atoms with E-state index in [0.717, 1.165) is 11.1 Å². The molecular formula is C23H18Cl2N2O3. The van der Waals surface area contributed by atoms with Crippen molar-refractivity contribution in [3.05, 3.63) is 93.5 Å². The van der Waals surface area contributed by atoms with Crippen LogP contribution >= 0.6 is 23.2 Å². The van der Waals surface area contributed by atoms with Gasteiger partial charge in [0.05, 0.1) is 10.6 Å². The lowest BCUT2D eigenvalue weighted by Gasteiger charge is -2.20. The van der Waals surface area contributed by atoms with E-state index in [2.05, 4.69) is 5.32 Å². The van der Waals surface area contributed by atoms with Crippen LogP contribution in [-0.2, 0) is 17.9 Å². The summed E-state index contributed by atoms with van der Waals surface area (Å²) in [4.78, 5) is 26.8. The van der Waals surface area contributed by atoms with Gasteiger partial charge in [0.2, 0.25) is 0 Å². The molecule has 152 valence electrons. The minimum absolute atomic E-state index is 0.0358. The molecule has 0 spiro atoms. The number of hydrogen-bond donors (Lipinski definition) is 1. The van der Waals surface area contributed by atoms with Crippen molar-refractivity contribution in [2.75, 3.05) is 11.9 Å². The molecule has 2 amide bonds. The summed E-state index contributed by atoms with van der Waals surface area (Å²) in [5.41, 5.74) is 2.78. The number of carbonyl (C=O) groups excluding carboxylic acids is 2. The summed E-state index contributed by atoms with van der Waals surface area (Å²) < 4.78 is 5.67. The summed E-state index contributed by atoms with van der Waals surface area (Å²) in [5, 5.41) is 3.88. The fourth-order valence-corrected chi connectivity index (χ4v) is 3.59. The summed E-state index contributed by atoms with van der Waals surface area (Å²) in [6.07, 6.45) is 0. The third-order valence-corrected chi connectivity index (χ3v) is 5.37. The lowest BCUT2D eigenvalue weighted by Crippen LogP contribution is -2.31. The van der Waals surface area contributed by atoms with Gasteiger partial charge in [0.25, 0.3) is 11.8 Å². The molecule has 0 fully saturated rings. The molecule has 3 aromatic rings. The molecule has 7 heteroatoms. The normalized spacial score (nSPS) is 13.3. The van der Waals surface area contributed by atoms with Crippen molar-refractivity contribution in [3.8, 4) is 5.75 Å². The van der Waals surface area contributed by atoms with E-state index >= 15 is 0 Å². The minimum atomic E-state index is -0.302. The Kier molecular flexibility index (Phi) is 5.93. The maximum atomic E-state index is 12.6. The van der Waals surface area contributed by atoms with Gasteiger partial charge in [-0.25, -0.2) is 0 Å². The van der Waals surface area contributed by atoms with E-state index in [9.17, 15) is 9.59 Å². The Morgan fingerprint density at radius 3 is 2.57 bits per heavy atom. The number of nitrogens with zero attached hydrogens (tertiary/aromatic N) is 1. The molecule has 0 radical (unpaired) electrons. The third kappa shape index (κ3) is 4.58. The van der Waals surface area contributed by atoms with Crippen LogP contribution in [0.2, 0.25) is 10.0 Å². The molecule has 0 aliphatic carbocycles. The van der Waals surface area contributed by atoms with Crippen LogP contribution in [0.5, 0.6) is 5.75 Å². The lowest BCUT2D eigenvalue weighted by atomic mass is 10.1. The number of halogens is 2. The average molecular weight is 441 g/mol. The van der Waals surface area contributed by atoms with Gasteiger partial charge in [-0.3, -0.25) is 9.59 Å². The van der Waals surface area contributed by atoms with Crippen LogP contribution in [0.25, 0.3) is 0 Å². The van der Waals surface area contributed by atoms with Crippen LogP contribution in [0.4, 0.5) is 5.69 Å². The Bertz CT molecular complexity index is 1100. The molecule has 1 aliphatic rings. The maximum absolute atomic E-state index is 12.6. The second-order valence-corrected chi connectivity index (χ2v) is 7.77. The first kappa shape index (κ1) is 20.3. The maximum Gasteiger partial charge on any atom is 0.261 e. The van der Waals surface area contributed by atoms with Crippen molar-refractivity contribution < 1.29 is 14.3 Å². The molecular weight excluding hydrogens is 423 g/mol. The minimum Gasteiger partial charge on any atom is -0.483 e. The zero-order chi connectivity index (χ0) is 21.1. The van der Waals surface area contributed by atoms with Crippen LogP contribution in [0.3, 0.4) is 0 Å². The van der Waals surface area contributed by atoms with Gasteiger partial charge >= 0.3 is 0 Å². The second kappa shape index (κ2) is 8.78. The van der Waals surface area contributed by atoms with Crippen LogP contribution in [0.1, 0.15) is 21.5 Å². The number of ether oxygens (including phenoxy) is 1. The van der Waals surface area contributed by atoms with Crippen molar-refractivity contribution in [1.29, 1.82) is 0 Å². The summed E-state index contributed by atoms with van der Waals surface area (Å²) >= 11 is 12.1. The molecule has 30 heavy (non-hydrogen) atoms. The third-order valence-electron chi connectivity index (χ3n) is 4.79. The highest BCUT2D eigenvalue weighted by atomic mass is 35.5. The number of benzene rings is 3. The highest BCUT2D eigenvalue weighted by Gasteiger charge is 2.22. The van der Waals surface area contributed by atoms with Gasteiger partial charge in [-0.2, -0.15) is 0 Å². The van der Waals surface area contributed by atoms with Gasteiger partial charge in [-0.15, -0.1) is 0 Å². The van der Waals surface area contributed by atoms with Gasteiger partial charge in [-0.05, 0) is 48.0 Å². The number of nitrogens with one attached hydrogen (secondary N) is 1. The summed E-state index contributed by atoms with van der Waals surface area (Å²) in [5.74, 6) is 0.213. The largest absolute Gasteiger partial charge is 0.483 e. The van der Waals surface area contributed by atoms with E-state index in [1.165, 1.54) is 0 Å². The zero-order valence-electron chi connectivity index (χ0n) is 15.9. The van der Waals surface area contributed by atoms with Gasteiger partial charge in [0, 0.05) is 29.4 Å². The predicted molar refractivity (Wildman–Crippen MR) is 117 cm³/mol. The fraction of sp³-hybridized carbons (Fsp3) is 0.130. The SMILES string of the molecule is O=C(Nc1ccc2c(c1)CN(Cc1ccc(Cl)cc1)C(=O)CO2)c1ccccc1Cl. The zero-order valence-corrected chi connectivity index (χ0v) is 17.4. The Morgan fingerprint density at radius 1 is 1.03 bits per heavy atom. The van der Waals surface area contributed by atoms with Crippen molar-refractivity contribution in [3.63, 3.8) is 0 Å². The van der Waals surface area contributed by atoms with Crippen LogP contribution < -0.4 is 10.1 Å². The van der Waals surface area contributed by atoms with Crippen molar-refractivity contribution >= 4 is 40.7 Å². The monoisotopic (exact) mass is 440 g/mol. The highest BCUT2D eigenvalue weighted by molar-refractivity contribution is 6.34. The van der Waals surface area contributed by atoms with E-state index in [0.29, 0.717) is 40.1 Å². The average Bonchev–Trinajstić information content (AvgIpc) is 2.88. The van der Waals surface area contributed by atoms with Crippen molar-refractivity contribution in [1.82, 2.24) is 4.90 Å². The molecule has 3 aromatic carbocycles. The van der Waals surface area contributed by atoms with E-state index < -0.39 is 0 Å². The molecule has 0 bridgehead atoms. The van der Waals surface area contributed by atoms with Crippen molar-refractivity contribution in [2.24, 2.45) is 0 Å². The topological polar surface area (TPSA) is 58.6 Å². The van der Waals surface area contributed by atoms with Crippen LogP contribution in [-0.4, -0.2) is 23.3 Å². The number of rotatable bonds is 4. The summed E-state index contributed by atoms with van der Waals surface area (Å²) in [7, 11) is 0. The van der Waals surface area contributed by atoms with Crippen LogP contribution in [0.15, 0.2) is 66.7 Å². The van der Waals surface area contributed by atoms with E-state index in [-0.39, 0.29) is 18.4 Å². The Balaban J connectivity index is 1.54. The number of anilines is 1. The van der Waals surface area contributed by atoms with E-state index in [1.807, 2.05) is 18.2 Å². The molecule has 0 saturated heterocycles. The standard InChI is InChI=1S/C23H18Cl2N2O3/c24-17-7-5-15(6-8-17)12-27-13-16-11-18(9-10-21(16)30-14-22(27)28)26-23(29)19-3-1-2-4-20(19)25/h1-11H,12-14H2,(H,26,29). The van der Waals surface area contributed by atoms with Gasteiger partial charge in [0.1, 0.15) is 5.75 Å². The molecule has 1 heterocycles. The molecule has 4 rings (SSSR count). The van der Waals surface area contributed by atoms with Gasteiger partial charge in [0.15, 0.2) is 6.61 Å². The Morgan fingerprint density at radius 2 is 1.80 bits per heavy atom. The Labute approximate surface area is 184 Å². The molecule has 1 aliphatic heterocycles. The van der Waals surface area contributed by atoms with E-state index in [4.69, 9.17) is 27.9 Å². The first-order chi connectivity index (χ1) is 14.5. The van der Waals surface area contributed by atoms with Crippen LogP contribution in [0, 0.1) is 0 Å². The quantitative estimate of drug-likeness (QED) is 0.608. The number of carbonyl (C=O) groups is 2. The van der Waals surface area contributed by atoms with Gasteiger partial charge < -0.3 is 15.0 Å². The first-order valence-corrected chi connectivity index (χ1v) is 10.1. The van der Waals surface area contributed by atoms with Crippen molar-refractivity contribution in [2.45, 2.75) is 13.1 Å². The summed E-state index contributed by atoms with van der Waals surface area (Å²) in [6.45, 7) is 0.771. The molecule has 5 nitrogen and oxygen atoms in total. The fourth-order valence-electron chi connectivity index (χ4n) is 3.24. The number of fused-ring (bicyclic) bond motifs is 1. The lowest BCUT2D eigenvalue weighted by molar-refractivity contribution is -0.133. The summed E-state index contributed by atoms with van der Waals surface area (Å²) in [6, 6.07) is 19.6.